The maximum Gasteiger partial charge on any atom is 0.404 e. The van der Waals surface area contributed by atoms with Gasteiger partial charge >= 0.3 is 5.43 Å². The van der Waals surface area contributed by atoms with Gasteiger partial charge in [-0.05, 0) is 18.4 Å². The average molecular weight is 269 g/mol. The minimum Gasteiger partial charge on any atom is -0.445 e. The molecule has 0 amide bonds. The van der Waals surface area contributed by atoms with Crippen LogP contribution in [-0.4, -0.2) is 5.43 Å². The van der Waals surface area contributed by atoms with E-state index in [2.05, 4.69) is 6.92 Å². The van der Waals surface area contributed by atoms with Crippen LogP contribution in [0.25, 0.3) is 0 Å². The van der Waals surface area contributed by atoms with E-state index in [4.69, 9.17) is 16.3 Å². The molecule has 100 valence electrons. The van der Waals surface area contributed by atoms with Gasteiger partial charge < -0.3 is 4.74 Å². The summed E-state index contributed by atoms with van der Waals surface area (Å²) in [6.45, 7) is 2.20. The molecule has 0 N–H and O–H groups in total. The van der Waals surface area contributed by atoms with Gasteiger partial charge in [0.2, 0.25) is 0 Å². The number of carbonyl (C=O) groups excluding carboxylic acids is 1. The van der Waals surface area contributed by atoms with Gasteiger partial charge in [-0.3, -0.25) is 0 Å². The van der Waals surface area contributed by atoms with Crippen LogP contribution < -0.4 is 0 Å². The molecule has 0 heterocycles. The zero-order valence-corrected chi connectivity index (χ0v) is 11.7. The molecule has 0 aromatic heterocycles. The van der Waals surface area contributed by atoms with Crippen molar-refractivity contribution in [1.29, 1.82) is 0 Å². The third-order valence-corrected chi connectivity index (χ3v) is 3.07. The van der Waals surface area contributed by atoms with Crippen LogP contribution in [0, 0.1) is 0 Å². The summed E-state index contributed by atoms with van der Waals surface area (Å²) in [6, 6.07) is 9.78. The Morgan fingerprint density at radius 1 is 1.17 bits per heavy atom. The monoisotopic (exact) mass is 268 g/mol. The van der Waals surface area contributed by atoms with Crippen molar-refractivity contribution in [2.24, 2.45) is 0 Å². The van der Waals surface area contributed by atoms with Crippen molar-refractivity contribution < 1.29 is 9.53 Å². The first-order valence-corrected chi connectivity index (χ1v) is 7.03. The molecular formula is C15H21ClO2. The molecule has 0 spiro atoms. The molecule has 0 saturated carbocycles. The van der Waals surface area contributed by atoms with E-state index in [-0.39, 0.29) is 6.10 Å². The van der Waals surface area contributed by atoms with Gasteiger partial charge in [0.1, 0.15) is 6.10 Å². The lowest BCUT2D eigenvalue weighted by atomic mass is 10.0. The molecule has 18 heavy (non-hydrogen) atoms. The predicted molar refractivity (Wildman–Crippen MR) is 74.9 cm³/mol. The highest BCUT2D eigenvalue weighted by molar-refractivity contribution is 6.61. The van der Waals surface area contributed by atoms with E-state index in [0.717, 1.165) is 18.4 Å². The van der Waals surface area contributed by atoms with Crippen molar-refractivity contribution in [2.75, 3.05) is 0 Å². The van der Waals surface area contributed by atoms with Crippen molar-refractivity contribution >= 4 is 17.0 Å². The second-order valence-electron chi connectivity index (χ2n) is 4.46. The molecule has 1 aromatic carbocycles. The Hall–Kier alpha value is -1.02. The molecule has 0 radical (unpaired) electrons. The first-order chi connectivity index (χ1) is 8.74. The summed E-state index contributed by atoms with van der Waals surface area (Å²) in [4.78, 5) is 10.9. The summed E-state index contributed by atoms with van der Waals surface area (Å²) < 4.78 is 5.17. The first kappa shape index (κ1) is 15.0. The maximum absolute atomic E-state index is 10.9. The van der Waals surface area contributed by atoms with Crippen molar-refractivity contribution in [3.63, 3.8) is 0 Å². The standard InChI is InChI=1S/C15H21ClO2/c1-2-3-4-5-9-12-14(18-15(16)17)13-10-7-6-8-11-13/h6-8,10-11,14H,2-5,9,12H2,1H3. The number of unbranched alkanes of at least 4 members (excludes halogenated alkanes) is 4. The van der Waals surface area contributed by atoms with Crippen LogP contribution in [0.4, 0.5) is 4.79 Å². The van der Waals surface area contributed by atoms with Crippen molar-refractivity contribution in [3.8, 4) is 0 Å². The molecule has 0 saturated heterocycles. The normalized spacial score (nSPS) is 12.1. The van der Waals surface area contributed by atoms with Gasteiger partial charge in [0.15, 0.2) is 0 Å². The van der Waals surface area contributed by atoms with Crippen LogP contribution in [0.3, 0.4) is 0 Å². The van der Waals surface area contributed by atoms with Crippen molar-refractivity contribution in [1.82, 2.24) is 0 Å². The van der Waals surface area contributed by atoms with Crippen LogP contribution in [0.5, 0.6) is 0 Å². The molecule has 2 nitrogen and oxygen atoms in total. The van der Waals surface area contributed by atoms with Crippen LogP contribution in [0.15, 0.2) is 30.3 Å². The second-order valence-corrected chi connectivity index (χ2v) is 4.77. The lowest BCUT2D eigenvalue weighted by Gasteiger charge is -2.16. The Morgan fingerprint density at radius 3 is 2.44 bits per heavy atom. The molecule has 0 bridgehead atoms. The molecule has 0 aliphatic rings. The van der Waals surface area contributed by atoms with E-state index in [1.807, 2.05) is 30.3 Å². The molecule has 0 fully saturated rings. The Balaban J connectivity index is 2.44. The number of hydrogen-bond acceptors (Lipinski definition) is 2. The van der Waals surface area contributed by atoms with Gasteiger partial charge in [-0.1, -0.05) is 62.9 Å². The quantitative estimate of drug-likeness (QED) is 0.462. The number of rotatable bonds is 8. The third-order valence-electron chi connectivity index (χ3n) is 2.98. The molecule has 1 unspecified atom stereocenters. The number of hydrogen-bond donors (Lipinski definition) is 0. The van der Waals surface area contributed by atoms with Gasteiger partial charge in [0.25, 0.3) is 0 Å². The first-order valence-electron chi connectivity index (χ1n) is 6.65. The molecule has 1 aromatic rings. The maximum atomic E-state index is 10.9. The van der Waals surface area contributed by atoms with E-state index in [9.17, 15) is 4.79 Å². The van der Waals surface area contributed by atoms with Crippen LogP contribution >= 0.6 is 11.6 Å². The lowest BCUT2D eigenvalue weighted by molar-refractivity contribution is 0.114. The molecule has 1 atom stereocenters. The highest BCUT2D eigenvalue weighted by Gasteiger charge is 2.14. The van der Waals surface area contributed by atoms with Gasteiger partial charge in [0, 0.05) is 11.6 Å². The van der Waals surface area contributed by atoms with E-state index in [1.54, 1.807) is 0 Å². The fourth-order valence-corrected chi connectivity index (χ4v) is 2.11. The SMILES string of the molecule is CCCCCCCC(OC(=O)Cl)c1ccccc1. The number of halogens is 1. The van der Waals surface area contributed by atoms with Crippen LogP contribution in [0.2, 0.25) is 0 Å². The van der Waals surface area contributed by atoms with Gasteiger partial charge in [-0.15, -0.1) is 0 Å². The predicted octanol–water partition coefficient (Wildman–Crippen LogP) is 5.46. The minimum atomic E-state index is -0.725. The third kappa shape index (κ3) is 6.06. The number of benzene rings is 1. The highest BCUT2D eigenvalue weighted by Crippen LogP contribution is 2.25. The van der Waals surface area contributed by atoms with Gasteiger partial charge in [-0.2, -0.15) is 0 Å². The second kappa shape index (κ2) is 8.98. The minimum absolute atomic E-state index is 0.210. The molecular weight excluding hydrogens is 248 g/mol. The van der Waals surface area contributed by atoms with Gasteiger partial charge in [0.05, 0.1) is 0 Å². The highest BCUT2D eigenvalue weighted by atomic mass is 35.5. The van der Waals surface area contributed by atoms with Crippen molar-refractivity contribution in [3.05, 3.63) is 35.9 Å². The van der Waals surface area contributed by atoms with E-state index in [0.29, 0.717) is 0 Å². The summed E-state index contributed by atoms with van der Waals surface area (Å²) in [5.41, 5.74) is 0.291. The smallest absolute Gasteiger partial charge is 0.404 e. The Kier molecular flexibility index (Phi) is 7.51. The van der Waals surface area contributed by atoms with E-state index in [1.165, 1.54) is 25.7 Å². The van der Waals surface area contributed by atoms with E-state index < -0.39 is 5.43 Å². The Bertz CT molecular complexity index is 338. The van der Waals surface area contributed by atoms with Gasteiger partial charge in [-0.25, -0.2) is 4.79 Å². The lowest BCUT2D eigenvalue weighted by Crippen LogP contribution is -2.06. The van der Waals surface area contributed by atoms with Crippen LogP contribution in [0.1, 0.15) is 57.1 Å². The molecule has 0 aliphatic heterocycles. The summed E-state index contributed by atoms with van der Waals surface area (Å²) in [6.07, 6.45) is 6.61. The largest absolute Gasteiger partial charge is 0.445 e. The number of ether oxygens (including phenoxy) is 1. The Labute approximate surface area is 114 Å². The summed E-state index contributed by atoms with van der Waals surface area (Å²) in [7, 11) is 0. The number of carbonyl (C=O) groups is 1. The van der Waals surface area contributed by atoms with Crippen LogP contribution in [-0.2, 0) is 4.74 Å². The summed E-state index contributed by atoms with van der Waals surface area (Å²) in [5.74, 6) is 0. The Morgan fingerprint density at radius 2 is 1.83 bits per heavy atom. The molecule has 1 rings (SSSR count). The fourth-order valence-electron chi connectivity index (χ4n) is 2.01. The van der Waals surface area contributed by atoms with E-state index >= 15 is 0 Å². The zero-order valence-electron chi connectivity index (χ0n) is 10.9. The summed E-state index contributed by atoms with van der Waals surface area (Å²) >= 11 is 5.32. The van der Waals surface area contributed by atoms with Crippen molar-refractivity contribution in [2.45, 2.75) is 51.6 Å². The zero-order chi connectivity index (χ0) is 13.2. The fraction of sp³-hybridized carbons (Fsp3) is 0.533. The molecule has 0 aliphatic carbocycles. The molecule has 3 heteroatoms. The topological polar surface area (TPSA) is 26.3 Å². The average Bonchev–Trinajstić information content (AvgIpc) is 2.38. The summed E-state index contributed by atoms with van der Waals surface area (Å²) in [5, 5.41) is 0.